The van der Waals surface area contributed by atoms with Gasteiger partial charge in [-0.1, -0.05) is 24.8 Å². The lowest BCUT2D eigenvalue weighted by molar-refractivity contribution is 0.593. The van der Waals surface area contributed by atoms with E-state index in [1.807, 2.05) is 0 Å². The van der Waals surface area contributed by atoms with Crippen molar-refractivity contribution in [3.63, 3.8) is 0 Å². The molecule has 0 aromatic rings. The standard InChI is InChI=1S/C8H12FN/c1-2-3-4-5-8(9)6-7-10/h2-5H,1,6-7,10H2/b4-3-,8-5+. The lowest BCUT2D eigenvalue weighted by atomic mass is 10.3. The van der Waals surface area contributed by atoms with Gasteiger partial charge in [0, 0.05) is 6.42 Å². The van der Waals surface area contributed by atoms with Crippen molar-refractivity contribution in [3.8, 4) is 0 Å². The van der Waals surface area contributed by atoms with Gasteiger partial charge < -0.3 is 5.73 Å². The maximum Gasteiger partial charge on any atom is 0.101 e. The molecule has 0 aliphatic carbocycles. The van der Waals surface area contributed by atoms with Gasteiger partial charge in [-0.3, -0.25) is 0 Å². The summed E-state index contributed by atoms with van der Waals surface area (Å²) < 4.78 is 12.4. The molecule has 0 saturated carbocycles. The van der Waals surface area contributed by atoms with Crippen molar-refractivity contribution < 1.29 is 4.39 Å². The van der Waals surface area contributed by atoms with E-state index in [1.165, 1.54) is 6.08 Å². The molecular weight excluding hydrogens is 129 g/mol. The monoisotopic (exact) mass is 141 g/mol. The van der Waals surface area contributed by atoms with Gasteiger partial charge in [-0.25, -0.2) is 4.39 Å². The van der Waals surface area contributed by atoms with E-state index >= 15 is 0 Å². The summed E-state index contributed by atoms with van der Waals surface area (Å²) in [5.74, 6) is -0.194. The third kappa shape index (κ3) is 5.25. The number of allylic oxidation sites excluding steroid dienone is 4. The fourth-order valence-electron chi connectivity index (χ4n) is 0.460. The van der Waals surface area contributed by atoms with E-state index in [-0.39, 0.29) is 5.83 Å². The zero-order valence-electron chi connectivity index (χ0n) is 5.89. The van der Waals surface area contributed by atoms with Crippen LogP contribution < -0.4 is 5.73 Å². The Bertz CT molecular complexity index is 147. The van der Waals surface area contributed by atoms with Crippen molar-refractivity contribution in [1.29, 1.82) is 0 Å². The third-order valence-electron chi connectivity index (χ3n) is 0.907. The normalized spacial score (nSPS) is 12.4. The van der Waals surface area contributed by atoms with Crippen molar-refractivity contribution in [2.75, 3.05) is 6.54 Å². The molecule has 0 unspecified atom stereocenters. The fraction of sp³-hybridized carbons (Fsp3) is 0.250. The van der Waals surface area contributed by atoms with Crippen LogP contribution in [0.4, 0.5) is 4.39 Å². The number of rotatable bonds is 4. The summed E-state index contributed by atoms with van der Waals surface area (Å²) in [4.78, 5) is 0. The van der Waals surface area contributed by atoms with Gasteiger partial charge in [0.25, 0.3) is 0 Å². The molecule has 0 fully saturated rings. The zero-order valence-corrected chi connectivity index (χ0v) is 5.89. The Morgan fingerprint density at radius 3 is 2.70 bits per heavy atom. The Morgan fingerprint density at radius 1 is 1.50 bits per heavy atom. The first-order valence-electron chi connectivity index (χ1n) is 3.15. The third-order valence-corrected chi connectivity index (χ3v) is 0.907. The Balaban J connectivity index is 3.67. The largest absolute Gasteiger partial charge is 0.330 e. The van der Waals surface area contributed by atoms with E-state index in [9.17, 15) is 4.39 Å². The van der Waals surface area contributed by atoms with Crippen LogP contribution in [0.15, 0.2) is 36.7 Å². The molecule has 0 aliphatic heterocycles. The average molecular weight is 141 g/mol. The summed E-state index contributed by atoms with van der Waals surface area (Å²) in [7, 11) is 0. The molecule has 0 heterocycles. The molecule has 56 valence electrons. The summed E-state index contributed by atoms with van der Waals surface area (Å²) in [6, 6.07) is 0. The van der Waals surface area contributed by atoms with Crippen molar-refractivity contribution in [2.24, 2.45) is 5.73 Å². The van der Waals surface area contributed by atoms with E-state index in [0.717, 1.165) is 0 Å². The highest BCUT2D eigenvalue weighted by molar-refractivity contribution is 5.11. The van der Waals surface area contributed by atoms with E-state index in [1.54, 1.807) is 18.2 Å². The van der Waals surface area contributed by atoms with Crippen LogP contribution in [0.25, 0.3) is 0 Å². The zero-order chi connectivity index (χ0) is 7.82. The number of hydrogen-bond acceptors (Lipinski definition) is 1. The van der Waals surface area contributed by atoms with Gasteiger partial charge in [0.05, 0.1) is 0 Å². The van der Waals surface area contributed by atoms with Gasteiger partial charge in [0.15, 0.2) is 0 Å². The van der Waals surface area contributed by atoms with Gasteiger partial charge >= 0.3 is 0 Å². The molecule has 2 N–H and O–H groups in total. The lowest BCUT2D eigenvalue weighted by Crippen LogP contribution is -1.97. The van der Waals surface area contributed by atoms with Crippen molar-refractivity contribution in [1.82, 2.24) is 0 Å². The second-order valence-corrected chi connectivity index (χ2v) is 1.77. The van der Waals surface area contributed by atoms with E-state index in [0.29, 0.717) is 13.0 Å². The number of hydrogen-bond donors (Lipinski definition) is 1. The van der Waals surface area contributed by atoms with Crippen LogP contribution in [0.2, 0.25) is 0 Å². The lowest BCUT2D eigenvalue weighted by Gasteiger charge is -1.88. The summed E-state index contributed by atoms with van der Waals surface area (Å²) in [6.07, 6.45) is 6.54. The van der Waals surface area contributed by atoms with Crippen molar-refractivity contribution in [3.05, 3.63) is 36.7 Å². The highest BCUT2D eigenvalue weighted by atomic mass is 19.1. The Hall–Kier alpha value is -0.890. The molecule has 2 heteroatoms. The molecule has 10 heavy (non-hydrogen) atoms. The molecule has 0 aromatic heterocycles. The SMILES string of the molecule is C=C/C=C\C=C(\F)CCN. The summed E-state index contributed by atoms with van der Waals surface area (Å²) in [5.41, 5.74) is 5.11. The Labute approximate surface area is 60.7 Å². The molecular formula is C8H12FN. The highest BCUT2D eigenvalue weighted by Crippen LogP contribution is 2.00. The summed E-state index contributed by atoms with van der Waals surface area (Å²) in [6.45, 7) is 3.79. The smallest absolute Gasteiger partial charge is 0.101 e. The van der Waals surface area contributed by atoms with Gasteiger partial charge in [-0.05, 0) is 12.6 Å². The van der Waals surface area contributed by atoms with Crippen LogP contribution in [0.3, 0.4) is 0 Å². The maximum absolute atomic E-state index is 12.4. The molecule has 0 radical (unpaired) electrons. The predicted octanol–water partition coefficient (Wildman–Crippen LogP) is 1.93. The van der Waals surface area contributed by atoms with Crippen LogP contribution in [-0.2, 0) is 0 Å². The molecule has 0 atom stereocenters. The first-order chi connectivity index (χ1) is 4.81. The summed E-state index contributed by atoms with van der Waals surface area (Å²) >= 11 is 0. The highest BCUT2D eigenvalue weighted by Gasteiger charge is 1.87. The van der Waals surface area contributed by atoms with Crippen LogP contribution in [-0.4, -0.2) is 6.54 Å². The van der Waals surface area contributed by atoms with E-state index in [4.69, 9.17) is 5.73 Å². The van der Waals surface area contributed by atoms with Crippen LogP contribution in [0.5, 0.6) is 0 Å². The Kier molecular flexibility index (Phi) is 5.68. The molecule has 0 aromatic carbocycles. The Morgan fingerprint density at radius 2 is 2.20 bits per heavy atom. The molecule has 0 saturated heterocycles. The van der Waals surface area contributed by atoms with Crippen LogP contribution in [0, 0.1) is 0 Å². The first kappa shape index (κ1) is 9.11. The van der Waals surface area contributed by atoms with Crippen LogP contribution >= 0.6 is 0 Å². The molecule has 0 aliphatic rings. The maximum atomic E-state index is 12.4. The minimum atomic E-state index is -0.194. The van der Waals surface area contributed by atoms with Crippen molar-refractivity contribution >= 4 is 0 Å². The number of halogens is 1. The second-order valence-electron chi connectivity index (χ2n) is 1.77. The second kappa shape index (κ2) is 6.23. The van der Waals surface area contributed by atoms with Crippen molar-refractivity contribution in [2.45, 2.75) is 6.42 Å². The van der Waals surface area contributed by atoms with Gasteiger partial charge in [0.2, 0.25) is 0 Å². The topological polar surface area (TPSA) is 26.0 Å². The molecule has 0 rings (SSSR count). The molecule has 0 bridgehead atoms. The van der Waals surface area contributed by atoms with Gasteiger partial charge in [-0.15, -0.1) is 0 Å². The minimum absolute atomic E-state index is 0.194. The first-order valence-corrected chi connectivity index (χ1v) is 3.15. The van der Waals surface area contributed by atoms with E-state index < -0.39 is 0 Å². The number of nitrogens with two attached hydrogens (primary N) is 1. The van der Waals surface area contributed by atoms with Gasteiger partial charge in [0.1, 0.15) is 5.83 Å². The van der Waals surface area contributed by atoms with Gasteiger partial charge in [-0.2, -0.15) is 0 Å². The van der Waals surface area contributed by atoms with Crippen LogP contribution in [0.1, 0.15) is 6.42 Å². The average Bonchev–Trinajstić information content (AvgIpc) is 1.89. The molecule has 0 spiro atoms. The predicted molar refractivity (Wildman–Crippen MR) is 42.2 cm³/mol. The summed E-state index contributed by atoms with van der Waals surface area (Å²) in [5, 5.41) is 0. The fourth-order valence-corrected chi connectivity index (χ4v) is 0.460. The molecule has 1 nitrogen and oxygen atoms in total. The quantitative estimate of drug-likeness (QED) is 0.595. The minimum Gasteiger partial charge on any atom is -0.330 e. The molecule has 0 amide bonds. The van der Waals surface area contributed by atoms with E-state index in [2.05, 4.69) is 6.58 Å².